The largest absolute Gasteiger partial charge is 0.435 e. The van der Waals surface area contributed by atoms with E-state index >= 15 is 0 Å². The van der Waals surface area contributed by atoms with Gasteiger partial charge in [0.25, 0.3) is 11.8 Å². The highest BCUT2D eigenvalue weighted by Gasteiger charge is 2.41. The minimum atomic E-state index is -4.76. The second-order valence-corrected chi connectivity index (χ2v) is 10.4. The van der Waals surface area contributed by atoms with E-state index in [1.807, 2.05) is 38.1 Å². The Morgan fingerprint density at radius 1 is 1.23 bits per heavy atom. The van der Waals surface area contributed by atoms with Gasteiger partial charge in [0.1, 0.15) is 11.4 Å². The first-order valence-electron chi connectivity index (χ1n) is 10.8. The fourth-order valence-electron chi connectivity index (χ4n) is 4.10. The molecule has 4 heterocycles. The molecule has 4 aromatic rings. The SMILES string of the molecule is Cc1cccc(-c2sc(C)nc2C(=O)N2CC[C@@H]2CNC(=O)c2c(C(F)(F)F)nc3sccn23)c1. The van der Waals surface area contributed by atoms with Gasteiger partial charge in [0.2, 0.25) is 0 Å². The molecule has 0 aliphatic carbocycles. The molecule has 0 bridgehead atoms. The molecule has 35 heavy (non-hydrogen) atoms. The van der Waals surface area contributed by atoms with E-state index in [1.54, 1.807) is 10.3 Å². The molecular weight excluding hydrogens is 499 g/mol. The number of thiazole rings is 2. The Balaban J connectivity index is 1.33. The molecule has 0 radical (unpaired) electrons. The molecule has 1 saturated heterocycles. The first-order valence-corrected chi connectivity index (χ1v) is 12.5. The molecule has 1 aromatic carbocycles. The highest BCUT2D eigenvalue weighted by atomic mass is 32.1. The van der Waals surface area contributed by atoms with Gasteiger partial charge < -0.3 is 10.2 Å². The van der Waals surface area contributed by atoms with Gasteiger partial charge in [-0.3, -0.25) is 14.0 Å². The molecule has 12 heteroatoms. The number of rotatable bonds is 5. The van der Waals surface area contributed by atoms with Crippen LogP contribution in [0, 0.1) is 13.8 Å². The van der Waals surface area contributed by atoms with Crippen molar-refractivity contribution in [1.82, 2.24) is 24.6 Å². The van der Waals surface area contributed by atoms with E-state index in [-0.39, 0.29) is 23.5 Å². The zero-order valence-corrected chi connectivity index (χ0v) is 20.4. The fourth-order valence-corrected chi connectivity index (χ4v) is 5.73. The Kier molecular flexibility index (Phi) is 5.88. The van der Waals surface area contributed by atoms with Gasteiger partial charge >= 0.3 is 6.18 Å². The van der Waals surface area contributed by atoms with Gasteiger partial charge in [-0.25, -0.2) is 9.97 Å². The van der Waals surface area contributed by atoms with Crippen molar-refractivity contribution in [2.75, 3.05) is 13.1 Å². The summed E-state index contributed by atoms with van der Waals surface area (Å²) in [6.45, 7) is 4.33. The average Bonchev–Trinajstić information content (AvgIpc) is 3.46. The van der Waals surface area contributed by atoms with Crippen molar-refractivity contribution >= 4 is 39.4 Å². The Labute approximate surface area is 206 Å². The number of halogens is 3. The van der Waals surface area contributed by atoms with E-state index in [0.717, 1.165) is 36.7 Å². The van der Waals surface area contributed by atoms with Gasteiger partial charge in [0.05, 0.1) is 15.9 Å². The number of carbonyl (C=O) groups is 2. The maximum Gasteiger partial charge on any atom is 0.435 e. The first kappa shape index (κ1) is 23.5. The van der Waals surface area contributed by atoms with Crippen molar-refractivity contribution in [3.8, 4) is 10.4 Å². The predicted octanol–water partition coefficient (Wildman–Crippen LogP) is 4.80. The van der Waals surface area contributed by atoms with Crippen LogP contribution in [0.25, 0.3) is 15.4 Å². The lowest BCUT2D eigenvalue weighted by atomic mass is 10.0. The third-order valence-electron chi connectivity index (χ3n) is 5.87. The Bertz CT molecular complexity index is 1440. The maximum absolute atomic E-state index is 13.5. The third kappa shape index (κ3) is 4.31. The molecule has 1 atom stereocenters. The van der Waals surface area contributed by atoms with E-state index in [1.165, 1.54) is 17.5 Å². The quantitative estimate of drug-likeness (QED) is 0.411. The van der Waals surface area contributed by atoms with Crippen molar-refractivity contribution in [3.05, 3.63) is 63.5 Å². The highest BCUT2D eigenvalue weighted by Crippen LogP contribution is 2.34. The standard InChI is InChI=1S/C23H20F3N5O2S2/c1-12-4-3-5-14(10-12)18-16(28-13(2)35-18)21(33)30-7-6-15(30)11-27-20(32)17-19(23(24,25)26)29-22-31(17)8-9-34-22/h3-5,8-10,15H,6-7,11H2,1-2H3,(H,27,32)/t15-/m1/s1. The number of alkyl halides is 3. The molecule has 5 rings (SSSR count). The molecule has 2 amide bonds. The van der Waals surface area contributed by atoms with Crippen LogP contribution in [0.2, 0.25) is 0 Å². The lowest BCUT2D eigenvalue weighted by molar-refractivity contribution is -0.141. The number of amides is 2. The lowest BCUT2D eigenvalue weighted by Crippen LogP contribution is -2.56. The van der Waals surface area contributed by atoms with Crippen LogP contribution in [0.5, 0.6) is 0 Å². The summed E-state index contributed by atoms with van der Waals surface area (Å²) in [5, 5.41) is 4.89. The van der Waals surface area contributed by atoms with Crippen LogP contribution in [-0.2, 0) is 6.18 Å². The lowest BCUT2D eigenvalue weighted by Gasteiger charge is -2.40. The smallest absolute Gasteiger partial charge is 0.349 e. The molecule has 0 spiro atoms. The summed E-state index contributed by atoms with van der Waals surface area (Å²) in [6.07, 6.45) is -2.75. The van der Waals surface area contributed by atoms with E-state index < -0.39 is 23.5 Å². The molecule has 1 aliphatic rings. The number of aryl methyl sites for hydroxylation is 2. The highest BCUT2D eigenvalue weighted by molar-refractivity contribution is 7.15. The van der Waals surface area contributed by atoms with Gasteiger partial charge in [0, 0.05) is 24.7 Å². The summed E-state index contributed by atoms with van der Waals surface area (Å²) in [5.41, 5.74) is 0.551. The third-order valence-corrected chi connectivity index (χ3v) is 7.64. The molecule has 1 aliphatic heterocycles. The molecule has 3 aromatic heterocycles. The van der Waals surface area contributed by atoms with Crippen molar-refractivity contribution in [3.63, 3.8) is 0 Å². The van der Waals surface area contributed by atoms with Crippen LogP contribution in [0.1, 0.15) is 43.7 Å². The van der Waals surface area contributed by atoms with Gasteiger partial charge in [-0.05, 0) is 25.8 Å². The minimum Gasteiger partial charge on any atom is -0.349 e. The summed E-state index contributed by atoms with van der Waals surface area (Å²) >= 11 is 2.45. The number of carbonyl (C=O) groups excluding carboxylic acids is 2. The Hall–Kier alpha value is -3.25. The summed E-state index contributed by atoms with van der Waals surface area (Å²) in [6, 6.07) is 7.48. The summed E-state index contributed by atoms with van der Waals surface area (Å²) in [7, 11) is 0. The minimum absolute atomic E-state index is 0.0299. The predicted molar refractivity (Wildman–Crippen MR) is 127 cm³/mol. The molecule has 1 N–H and O–H groups in total. The number of hydrogen-bond donors (Lipinski definition) is 1. The molecule has 7 nitrogen and oxygen atoms in total. The van der Waals surface area contributed by atoms with Crippen LogP contribution in [-0.4, -0.2) is 50.2 Å². The van der Waals surface area contributed by atoms with E-state index in [2.05, 4.69) is 15.3 Å². The van der Waals surface area contributed by atoms with Crippen LogP contribution >= 0.6 is 22.7 Å². The molecule has 1 fully saturated rings. The van der Waals surface area contributed by atoms with Crippen molar-refractivity contribution in [1.29, 1.82) is 0 Å². The van der Waals surface area contributed by atoms with E-state index in [0.29, 0.717) is 18.7 Å². The van der Waals surface area contributed by atoms with E-state index in [4.69, 9.17) is 0 Å². The van der Waals surface area contributed by atoms with E-state index in [9.17, 15) is 22.8 Å². The van der Waals surface area contributed by atoms with Gasteiger partial charge in [-0.15, -0.1) is 22.7 Å². The molecule has 0 saturated carbocycles. The topological polar surface area (TPSA) is 79.6 Å². The summed E-state index contributed by atoms with van der Waals surface area (Å²) in [5.74, 6) is -1.13. The van der Waals surface area contributed by atoms with Crippen LogP contribution < -0.4 is 5.32 Å². The zero-order valence-electron chi connectivity index (χ0n) is 18.7. The number of fused-ring (bicyclic) bond motifs is 1. The van der Waals surface area contributed by atoms with Crippen molar-refractivity contribution in [2.24, 2.45) is 0 Å². The zero-order chi connectivity index (χ0) is 24.9. The Morgan fingerprint density at radius 3 is 2.71 bits per heavy atom. The number of aromatic nitrogens is 3. The number of benzene rings is 1. The Morgan fingerprint density at radius 2 is 2.03 bits per heavy atom. The second kappa shape index (κ2) is 8.76. The number of likely N-dealkylation sites (tertiary alicyclic amines) is 1. The molecule has 0 unspecified atom stereocenters. The number of nitrogens with one attached hydrogen (secondary N) is 1. The van der Waals surface area contributed by atoms with Crippen LogP contribution in [0.3, 0.4) is 0 Å². The number of imidazole rings is 1. The van der Waals surface area contributed by atoms with Gasteiger partial charge in [-0.1, -0.05) is 29.8 Å². The van der Waals surface area contributed by atoms with Gasteiger partial charge in [0.15, 0.2) is 10.7 Å². The monoisotopic (exact) mass is 519 g/mol. The summed E-state index contributed by atoms with van der Waals surface area (Å²) < 4.78 is 41.5. The normalized spacial score (nSPS) is 15.9. The van der Waals surface area contributed by atoms with Crippen molar-refractivity contribution in [2.45, 2.75) is 32.5 Å². The van der Waals surface area contributed by atoms with Crippen LogP contribution in [0.15, 0.2) is 35.8 Å². The van der Waals surface area contributed by atoms with Crippen molar-refractivity contribution < 1.29 is 22.8 Å². The first-order chi connectivity index (χ1) is 16.6. The fraction of sp³-hybridized carbons (Fsp3) is 0.304. The van der Waals surface area contributed by atoms with Gasteiger partial charge in [-0.2, -0.15) is 13.2 Å². The van der Waals surface area contributed by atoms with Crippen LogP contribution in [0.4, 0.5) is 13.2 Å². The molecule has 182 valence electrons. The maximum atomic E-state index is 13.5. The second-order valence-electron chi connectivity index (χ2n) is 8.29. The molecular formula is C23H20F3N5O2S2. The average molecular weight is 520 g/mol. The summed E-state index contributed by atoms with van der Waals surface area (Å²) in [4.78, 5) is 36.6. The number of hydrogen-bond acceptors (Lipinski definition) is 6. The number of nitrogens with zero attached hydrogens (tertiary/aromatic N) is 4.